The Morgan fingerprint density at radius 2 is 1.88 bits per heavy atom. The van der Waals surface area contributed by atoms with Crippen molar-refractivity contribution < 1.29 is 18.3 Å². The van der Waals surface area contributed by atoms with Crippen molar-refractivity contribution in [3.63, 3.8) is 0 Å². The van der Waals surface area contributed by atoms with E-state index in [2.05, 4.69) is 0 Å². The van der Waals surface area contributed by atoms with Gasteiger partial charge < -0.3 is 10.0 Å². The van der Waals surface area contributed by atoms with Crippen LogP contribution >= 0.6 is 0 Å². The van der Waals surface area contributed by atoms with Gasteiger partial charge in [0.05, 0.1) is 6.61 Å². The van der Waals surface area contributed by atoms with Gasteiger partial charge in [0.15, 0.2) is 0 Å². The zero-order valence-corrected chi connectivity index (χ0v) is 8.96. The van der Waals surface area contributed by atoms with Crippen molar-refractivity contribution in [3.8, 4) is 0 Å². The summed E-state index contributed by atoms with van der Waals surface area (Å²) in [6, 6.07) is 6.55. The van der Waals surface area contributed by atoms with Gasteiger partial charge in [-0.1, -0.05) is 18.2 Å². The van der Waals surface area contributed by atoms with Crippen molar-refractivity contribution >= 4 is 5.69 Å². The molecule has 0 radical (unpaired) electrons. The van der Waals surface area contributed by atoms with Gasteiger partial charge in [-0.25, -0.2) is 0 Å². The number of hydrogen-bond acceptors (Lipinski definition) is 2. The van der Waals surface area contributed by atoms with E-state index in [1.54, 1.807) is 31.2 Å². The van der Waals surface area contributed by atoms with E-state index in [1.165, 1.54) is 4.90 Å². The molecule has 0 bridgehead atoms. The number of aliphatic hydroxyl groups excluding tert-OH is 1. The first-order valence-corrected chi connectivity index (χ1v) is 4.98. The first kappa shape index (κ1) is 12.8. The molecule has 1 aromatic carbocycles. The lowest BCUT2D eigenvalue weighted by molar-refractivity contribution is -0.119. The summed E-state index contributed by atoms with van der Waals surface area (Å²) in [5, 5.41) is 9.05. The van der Waals surface area contributed by atoms with Crippen LogP contribution in [0.5, 0.6) is 0 Å². The van der Waals surface area contributed by atoms with E-state index in [0.29, 0.717) is 11.3 Å². The second-order valence-corrected chi connectivity index (χ2v) is 3.42. The van der Waals surface area contributed by atoms with E-state index in [0.717, 1.165) is 0 Å². The largest absolute Gasteiger partial charge is 0.405 e. The third kappa shape index (κ3) is 3.41. The van der Waals surface area contributed by atoms with E-state index in [1.807, 2.05) is 0 Å². The quantitative estimate of drug-likeness (QED) is 0.864. The summed E-state index contributed by atoms with van der Waals surface area (Å²) < 4.78 is 36.9. The molecular formula is C11H14F3NO. The molecular weight excluding hydrogens is 219 g/mol. The number of aliphatic hydroxyl groups is 1. The van der Waals surface area contributed by atoms with Crippen molar-refractivity contribution in [1.29, 1.82) is 0 Å². The molecule has 16 heavy (non-hydrogen) atoms. The zero-order chi connectivity index (χ0) is 12.2. The number of alkyl halides is 3. The van der Waals surface area contributed by atoms with Gasteiger partial charge in [-0.3, -0.25) is 0 Å². The van der Waals surface area contributed by atoms with Crippen LogP contribution in [0.25, 0.3) is 0 Å². The lowest BCUT2D eigenvalue weighted by Gasteiger charge is -2.26. The predicted octanol–water partition coefficient (Wildman–Crippen LogP) is 2.57. The van der Waals surface area contributed by atoms with Gasteiger partial charge in [-0.2, -0.15) is 13.2 Å². The summed E-state index contributed by atoms with van der Waals surface area (Å²) in [4.78, 5) is 1.20. The van der Waals surface area contributed by atoms with Crippen LogP contribution < -0.4 is 4.90 Å². The maximum absolute atomic E-state index is 12.3. The molecule has 0 spiro atoms. The Hall–Kier alpha value is -1.23. The van der Waals surface area contributed by atoms with E-state index in [-0.39, 0.29) is 13.2 Å². The molecule has 1 rings (SSSR count). The van der Waals surface area contributed by atoms with Crippen molar-refractivity contribution in [1.82, 2.24) is 0 Å². The molecule has 1 N–H and O–H groups in total. The normalized spacial score (nSPS) is 11.6. The first-order chi connectivity index (χ1) is 7.48. The summed E-state index contributed by atoms with van der Waals surface area (Å²) in [5.41, 5.74) is 0.943. The van der Waals surface area contributed by atoms with Gasteiger partial charge >= 0.3 is 6.18 Å². The first-order valence-electron chi connectivity index (χ1n) is 4.98. The van der Waals surface area contributed by atoms with Crippen LogP contribution in [0.3, 0.4) is 0 Å². The number of halogens is 3. The van der Waals surface area contributed by atoms with E-state index >= 15 is 0 Å². The van der Waals surface area contributed by atoms with Crippen LogP contribution in [-0.2, 0) is 6.61 Å². The van der Waals surface area contributed by atoms with Crippen molar-refractivity contribution in [2.75, 3.05) is 18.0 Å². The van der Waals surface area contributed by atoms with Crippen molar-refractivity contribution in [3.05, 3.63) is 29.8 Å². The minimum atomic E-state index is -4.24. The molecule has 0 aliphatic heterocycles. The molecule has 0 aliphatic rings. The lowest BCUT2D eigenvalue weighted by Crippen LogP contribution is -2.34. The van der Waals surface area contributed by atoms with Crippen LogP contribution in [0.15, 0.2) is 24.3 Å². The standard InChI is InChI=1S/C11H14F3NO/c1-2-15(8-11(12,13)14)10-6-4-3-5-9(10)7-16/h3-6,16H,2,7-8H2,1H3. The second kappa shape index (κ2) is 5.21. The van der Waals surface area contributed by atoms with E-state index < -0.39 is 12.7 Å². The Labute approximate surface area is 92.3 Å². The summed E-state index contributed by atoms with van der Waals surface area (Å²) in [5.74, 6) is 0. The van der Waals surface area contributed by atoms with Gasteiger partial charge in [0.1, 0.15) is 6.54 Å². The minimum absolute atomic E-state index is 0.247. The highest BCUT2D eigenvalue weighted by atomic mass is 19.4. The van der Waals surface area contributed by atoms with Crippen molar-refractivity contribution in [2.24, 2.45) is 0 Å². The Morgan fingerprint density at radius 3 is 2.38 bits per heavy atom. The minimum Gasteiger partial charge on any atom is -0.392 e. The molecule has 90 valence electrons. The molecule has 0 aliphatic carbocycles. The van der Waals surface area contributed by atoms with Crippen LogP contribution in [0.4, 0.5) is 18.9 Å². The number of para-hydroxylation sites is 1. The number of anilines is 1. The van der Waals surface area contributed by atoms with Gasteiger partial charge in [-0.15, -0.1) is 0 Å². The average Bonchev–Trinajstić information content (AvgIpc) is 2.24. The van der Waals surface area contributed by atoms with Crippen LogP contribution in [0.2, 0.25) is 0 Å². The van der Waals surface area contributed by atoms with Gasteiger partial charge in [-0.05, 0) is 13.0 Å². The third-order valence-electron chi connectivity index (χ3n) is 2.25. The van der Waals surface area contributed by atoms with Gasteiger partial charge in [0.2, 0.25) is 0 Å². The number of hydrogen-bond donors (Lipinski definition) is 1. The third-order valence-corrected chi connectivity index (χ3v) is 2.25. The number of nitrogens with zero attached hydrogens (tertiary/aromatic N) is 1. The lowest BCUT2D eigenvalue weighted by atomic mass is 10.1. The molecule has 1 aromatic rings. The molecule has 0 saturated heterocycles. The molecule has 0 heterocycles. The number of benzene rings is 1. The fraction of sp³-hybridized carbons (Fsp3) is 0.455. The summed E-state index contributed by atoms with van der Waals surface area (Å²) in [6.45, 7) is 0.640. The molecule has 0 amide bonds. The smallest absolute Gasteiger partial charge is 0.392 e. The van der Waals surface area contributed by atoms with Gasteiger partial charge in [0, 0.05) is 17.8 Å². The molecule has 0 aromatic heterocycles. The summed E-state index contributed by atoms with van der Waals surface area (Å²) in [7, 11) is 0. The van der Waals surface area contributed by atoms with E-state index in [9.17, 15) is 13.2 Å². The molecule has 2 nitrogen and oxygen atoms in total. The number of rotatable bonds is 4. The summed E-state index contributed by atoms with van der Waals surface area (Å²) >= 11 is 0. The van der Waals surface area contributed by atoms with Crippen molar-refractivity contribution in [2.45, 2.75) is 19.7 Å². The maximum atomic E-state index is 12.3. The molecule has 0 fully saturated rings. The Bertz CT molecular complexity index is 338. The second-order valence-electron chi connectivity index (χ2n) is 3.42. The predicted molar refractivity (Wildman–Crippen MR) is 56.3 cm³/mol. The van der Waals surface area contributed by atoms with Crippen LogP contribution in [0, 0.1) is 0 Å². The summed E-state index contributed by atoms with van der Waals surface area (Å²) in [6.07, 6.45) is -4.24. The fourth-order valence-corrected chi connectivity index (χ4v) is 1.54. The monoisotopic (exact) mass is 233 g/mol. The SMILES string of the molecule is CCN(CC(F)(F)F)c1ccccc1CO. The van der Waals surface area contributed by atoms with Crippen LogP contribution in [-0.4, -0.2) is 24.4 Å². The molecule has 5 heteroatoms. The Balaban J connectivity index is 2.94. The fourth-order valence-electron chi connectivity index (χ4n) is 1.54. The Kier molecular flexibility index (Phi) is 4.18. The average molecular weight is 233 g/mol. The maximum Gasteiger partial charge on any atom is 0.405 e. The highest BCUT2D eigenvalue weighted by molar-refractivity contribution is 5.53. The van der Waals surface area contributed by atoms with Gasteiger partial charge in [0.25, 0.3) is 0 Å². The molecule has 0 saturated carbocycles. The zero-order valence-electron chi connectivity index (χ0n) is 8.96. The molecule has 0 unspecified atom stereocenters. The highest BCUT2D eigenvalue weighted by Gasteiger charge is 2.30. The topological polar surface area (TPSA) is 23.5 Å². The Morgan fingerprint density at radius 1 is 1.25 bits per heavy atom. The van der Waals surface area contributed by atoms with E-state index in [4.69, 9.17) is 5.11 Å². The highest BCUT2D eigenvalue weighted by Crippen LogP contribution is 2.25. The molecule has 0 atom stereocenters. The van der Waals surface area contributed by atoms with Crippen LogP contribution in [0.1, 0.15) is 12.5 Å².